The lowest BCUT2D eigenvalue weighted by Gasteiger charge is -2.33. The predicted octanol–water partition coefficient (Wildman–Crippen LogP) is 5.07. The minimum absolute atomic E-state index is 0.503. The Morgan fingerprint density at radius 1 is 1.22 bits per heavy atom. The number of nitrogens with one attached hydrogen (secondary N) is 1. The molecule has 1 N–H and O–H groups in total. The fourth-order valence-corrected chi connectivity index (χ4v) is 3.23. The Bertz CT molecular complexity index is 360. The summed E-state index contributed by atoms with van der Waals surface area (Å²) >= 11 is 3.50. The Labute approximate surface area is 119 Å². The van der Waals surface area contributed by atoms with E-state index in [2.05, 4.69) is 59.4 Å². The lowest BCUT2D eigenvalue weighted by Crippen LogP contribution is -2.39. The van der Waals surface area contributed by atoms with Crippen molar-refractivity contribution in [3.05, 3.63) is 34.3 Å². The van der Waals surface area contributed by atoms with Gasteiger partial charge in [0.25, 0.3) is 0 Å². The van der Waals surface area contributed by atoms with Crippen LogP contribution in [0, 0.1) is 5.92 Å². The van der Waals surface area contributed by atoms with E-state index < -0.39 is 0 Å². The van der Waals surface area contributed by atoms with Gasteiger partial charge in [0.2, 0.25) is 0 Å². The van der Waals surface area contributed by atoms with Gasteiger partial charge in [-0.1, -0.05) is 54.8 Å². The fourth-order valence-electron chi connectivity index (χ4n) is 2.97. The molecule has 0 spiro atoms. The molecule has 0 aliphatic heterocycles. The Morgan fingerprint density at radius 2 is 1.89 bits per heavy atom. The van der Waals surface area contributed by atoms with E-state index in [1.54, 1.807) is 0 Å². The quantitative estimate of drug-likeness (QED) is 0.819. The second-order valence-electron chi connectivity index (χ2n) is 5.55. The highest BCUT2D eigenvalue weighted by Gasteiger charge is 2.23. The third kappa shape index (κ3) is 3.58. The summed E-state index contributed by atoms with van der Waals surface area (Å²) in [6.45, 7) is 4.67. The lowest BCUT2D eigenvalue weighted by atomic mass is 9.85. The molecule has 2 rings (SSSR count). The van der Waals surface area contributed by atoms with Gasteiger partial charge in [0.05, 0.1) is 0 Å². The minimum Gasteiger partial charge on any atom is -0.307 e. The SMILES string of the molecule is CCC(NC1CCCCC1C)c1ccc(Br)cc1. The monoisotopic (exact) mass is 309 g/mol. The van der Waals surface area contributed by atoms with Gasteiger partial charge >= 0.3 is 0 Å². The highest BCUT2D eigenvalue weighted by atomic mass is 79.9. The van der Waals surface area contributed by atoms with Crippen molar-refractivity contribution < 1.29 is 0 Å². The summed E-state index contributed by atoms with van der Waals surface area (Å²) in [6.07, 6.45) is 6.68. The van der Waals surface area contributed by atoms with Gasteiger partial charge in [-0.3, -0.25) is 0 Å². The molecule has 18 heavy (non-hydrogen) atoms. The first-order valence-electron chi connectivity index (χ1n) is 7.22. The van der Waals surface area contributed by atoms with E-state index in [0.29, 0.717) is 12.1 Å². The second kappa shape index (κ2) is 6.72. The first-order chi connectivity index (χ1) is 8.70. The van der Waals surface area contributed by atoms with Crippen molar-refractivity contribution in [1.82, 2.24) is 5.32 Å². The summed E-state index contributed by atoms with van der Waals surface area (Å²) < 4.78 is 1.16. The standard InChI is InChI=1S/C16H24BrN/c1-3-15(13-8-10-14(17)11-9-13)18-16-7-5-4-6-12(16)2/h8-12,15-16,18H,3-7H2,1-2H3. The highest BCUT2D eigenvalue weighted by molar-refractivity contribution is 9.10. The third-order valence-electron chi connectivity index (χ3n) is 4.21. The number of rotatable bonds is 4. The molecule has 0 bridgehead atoms. The van der Waals surface area contributed by atoms with Crippen molar-refractivity contribution in [3.8, 4) is 0 Å². The Balaban J connectivity index is 2.02. The van der Waals surface area contributed by atoms with Gasteiger partial charge < -0.3 is 5.32 Å². The minimum atomic E-state index is 0.503. The van der Waals surface area contributed by atoms with Crippen molar-refractivity contribution in [3.63, 3.8) is 0 Å². The van der Waals surface area contributed by atoms with Crippen LogP contribution in [0.5, 0.6) is 0 Å². The van der Waals surface area contributed by atoms with Crippen LogP contribution in [0.15, 0.2) is 28.7 Å². The van der Waals surface area contributed by atoms with Gasteiger partial charge in [-0.15, -0.1) is 0 Å². The van der Waals surface area contributed by atoms with Gasteiger partial charge in [0.1, 0.15) is 0 Å². The summed E-state index contributed by atoms with van der Waals surface area (Å²) in [5.41, 5.74) is 1.42. The Kier molecular flexibility index (Phi) is 5.25. The van der Waals surface area contributed by atoms with Gasteiger partial charge in [-0.2, -0.15) is 0 Å². The van der Waals surface area contributed by atoms with Crippen LogP contribution in [0.1, 0.15) is 57.6 Å². The third-order valence-corrected chi connectivity index (χ3v) is 4.74. The normalized spacial score (nSPS) is 25.9. The number of hydrogen-bond acceptors (Lipinski definition) is 1. The molecule has 1 aliphatic carbocycles. The van der Waals surface area contributed by atoms with Crippen LogP contribution in [-0.2, 0) is 0 Å². The Morgan fingerprint density at radius 3 is 2.50 bits per heavy atom. The second-order valence-corrected chi connectivity index (χ2v) is 6.46. The fraction of sp³-hybridized carbons (Fsp3) is 0.625. The van der Waals surface area contributed by atoms with Crippen LogP contribution in [0.3, 0.4) is 0 Å². The molecule has 0 heterocycles. The molecular formula is C16H24BrN. The molecule has 0 aromatic heterocycles. The van der Waals surface area contributed by atoms with E-state index in [0.717, 1.165) is 16.8 Å². The number of hydrogen-bond donors (Lipinski definition) is 1. The first kappa shape index (κ1) is 14.1. The predicted molar refractivity (Wildman–Crippen MR) is 81.7 cm³/mol. The molecule has 0 radical (unpaired) electrons. The topological polar surface area (TPSA) is 12.0 Å². The van der Waals surface area contributed by atoms with Crippen molar-refractivity contribution in [2.24, 2.45) is 5.92 Å². The molecule has 3 unspecified atom stereocenters. The largest absolute Gasteiger partial charge is 0.307 e. The van der Waals surface area contributed by atoms with E-state index in [-0.39, 0.29) is 0 Å². The molecule has 0 amide bonds. The van der Waals surface area contributed by atoms with Gasteiger partial charge in [-0.05, 0) is 42.9 Å². The van der Waals surface area contributed by atoms with Crippen molar-refractivity contribution in [2.75, 3.05) is 0 Å². The molecule has 3 atom stereocenters. The van der Waals surface area contributed by atoms with E-state index in [1.165, 1.54) is 31.2 Å². The summed E-state index contributed by atoms with van der Waals surface area (Å²) in [4.78, 5) is 0. The lowest BCUT2D eigenvalue weighted by molar-refractivity contribution is 0.256. The molecule has 2 heteroatoms. The van der Waals surface area contributed by atoms with Crippen LogP contribution in [-0.4, -0.2) is 6.04 Å². The average Bonchev–Trinajstić information content (AvgIpc) is 2.39. The van der Waals surface area contributed by atoms with Crippen molar-refractivity contribution >= 4 is 15.9 Å². The van der Waals surface area contributed by atoms with Gasteiger partial charge in [-0.25, -0.2) is 0 Å². The van der Waals surface area contributed by atoms with E-state index in [1.807, 2.05) is 0 Å². The zero-order valence-electron chi connectivity index (χ0n) is 11.5. The van der Waals surface area contributed by atoms with Crippen molar-refractivity contribution in [1.29, 1.82) is 0 Å². The summed E-state index contributed by atoms with van der Waals surface area (Å²) in [7, 11) is 0. The molecule has 1 fully saturated rings. The molecule has 1 saturated carbocycles. The van der Waals surface area contributed by atoms with E-state index >= 15 is 0 Å². The molecule has 1 aliphatic rings. The average molecular weight is 310 g/mol. The molecule has 1 aromatic rings. The molecule has 100 valence electrons. The zero-order valence-corrected chi connectivity index (χ0v) is 13.0. The molecule has 0 saturated heterocycles. The van der Waals surface area contributed by atoms with Crippen molar-refractivity contribution in [2.45, 2.75) is 58.0 Å². The van der Waals surface area contributed by atoms with E-state index in [9.17, 15) is 0 Å². The summed E-state index contributed by atoms with van der Waals surface area (Å²) in [6, 6.07) is 9.96. The number of halogens is 1. The number of benzene rings is 1. The molecule has 1 aromatic carbocycles. The maximum atomic E-state index is 3.88. The van der Waals surface area contributed by atoms with Crippen LogP contribution in [0.2, 0.25) is 0 Å². The molecule has 1 nitrogen and oxygen atoms in total. The smallest absolute Gasteiger partial charge is 0.0320 e. The maximum absolute atomic E-state index is 3.88. The Hall–Kier alpha value is -0.340. The van der Waals surface area contributed by atoms with Gasteiger partial charge in [0, 0.05) is 16.6 Å². The zero-order chi connectivity index (χ0) is 13.0. The summed E-state index contributed by atoms with van der Waals surface area (Å²) in [5.74, 6) is 0.822. The summed E-state index contributed by atoms with van der Waals surface area (Å²) in [5, 5.41) is 3.88. The van der Waals surface area contributed by atoms with Crippen LogP contribution >= 0.6 is 15.9 Å². The van der Waals surface area contributed by atoms with Crippen LogP contribution < -0.4 is 5.32 Å². The van der Waals surface area contributed by atoms with Gasteiger partial charge in [0.15, 0.2) is 0 Å². The maximum Gasteiger partial charge on any atom is 0.0320 e. The first-order valence-corrected chi connectivity index (χ1v) is 8.01. The highest BCUT2D eigenvalue weighted by Crippen LogP contribution is 2.27. The molecular weight excluding hydrogens is 286 g/mol. The van der Waals surface area contributed by atoms with E-state index in [4.69, 9.17) is 0 Å². The van der Waals surface area contributed by atoms with Crippen LogP contribution in [0.4, 0.5) is 0 Å². The van der Waals surface area contributed by atoms with Crippen LogP contribution in [0.25, 0.3) is 0 Å².